The van der Waals surface area contributed by atoms with Crippen molar-refractivity contribution in [2.45, 2.75) is 205 Å². The van der Waals surface area contributed by atoms with Gasteiger partial charge in [-0.3, -0.25) is 0 Å². The topological polar surface area (TPSA) is 57.2 Å². The highest BCUT2D eigenvalue weighted by atomic mass is 35.5. The molecule has 1 aromatic carbocycles. The van der Waals surface area contributed by atoms with Crippen molar-refractivity contribution in [3.63, 3.8) is 0 Å². The van der Waals surface area contributed by atoms with Crippen LogP contribution in [0.5, 0.6) is 0 Å². The van der Waals surface area contributed by atoms with Crippen molar-refractivity contribution in [1.29, 1.82) is 0 Å². The number of unbranched alkanes of at least 4 members (excludes halogenated alkanes) is 26. The number of benzene rings is 1. The number of rotatable bonds is 31. The van der Waals surface area contributed by atoms with Gasteiger partial charge in [0.2, 0.25) is 0 Å². The molecule has 0 aromatic heterocycles. The van der Waals surface area contributed by atoms with Crippen LogP contribution in [-0.2, 0) is 10.1 Å². The van der Waals surface area contributed by atoms with Gasteiger partial charge >= 0.3 is 0 Å². The lowest BCUT2D eigenvalue weighted by Crippen LogP contribution is -3.00. The van der Waals surface area contributed by atoms with Gasteiger partial charge in [-0.2, -0.15) is 0 Å². The zero-order valence-electron chi connectivity index (χ0n) is 36.4. The van der Waals surface area contributed by atoms with E-state index >= 15 is 0 Å². The summed E-state index contributed by atoms with van der Waals surface area (Å²) in [6.45, 7) is 9.07. The van der Waals surface area contributed by atoms with E-state index in [0.29, 0.717) is 0 Å². The van der Waals surface area contributed by atoms with E-state index in [1.54, 1.807) is 12.1 Å². The molecular weight excluding hydrogens is 684 g/mol. The SMILES string of the molecule is CCCCCCCCCCCCCCCC[N+](C)(C)C.CCCCCCCCCCCCCCCC[N+](C)(C)C.Cc1ccc(S(=O)(=O)[O-])cc1.[Cl-]. The second kappa shape index (κ2) is 37.3. The minimum atomic E-state index is -4.27. The molecule has 0 bridgehead atoms. The highest BCUT2D eigenvalue weighted by Crippen LogP contribution is 2.15. The Morgan fingerprint density at radius 3 is 0.827 bits per heavy atom. The quantitative estimate of drug-likeness (QED) is 0.0429. The van der Waals surface area contributed by atoms with Crippen LogP contribution in [0.1, 0.15) is 199 Å². The number of halogens is 1. The minimum Gasteiger partial charge on any atom is -1.00 e. The van der Waals surface area contributed by atoms with Crippen molar-refractivity contribution >= 4 is 10.1 Å². The summed E-state index contributed by atoms with van der Waals surface area (Å²) in [5.41, 5.74) is 0.928. The fourth-order valence-corrected chi connectivity index (χ4v) is 6.74. The van der Waals surface area contributed by atoms with Gasteiger partial charge in [0.25, 0.3) is 0 Å². The zero-order valence-corrected chi connectivity index (χ0v) is 38.0. The molecule has 0 unspecified atom stereocenters. The minimum absolute atomic E-state index is 0. The highest BCUT2D eigenvalue weighted by Gasteiger charge is 2.06. The average Bonchev–Trinajstić information content (AvgIpc) is 3.04. The van der Waals surface area contributed by atoms with Gasteiger partial charge in [0.1, 0.15) is 10.1 Å². The molecule has 0 atom stereocenters. The van der Waals surface area contributed by atoms with Crippen molar-refractivity contribution in [1.82, 2.24) is 0 Å². The molecule has 0 aliphatic rings. The van der Waals surface area contributed by atoms with Crippen molar-refractivity contribution < 1.29 is 34.3 Å². The summed E-state index contributed by atoms with van der Waals surface area (Å²) in [5.74, 6) is 0. The van der Waals surface area contributed by atoms with E-state index in [9.17, 15) is 13.0 Å². The van der Waals surface area contributed by atoms with Crippen molar-refractivity contribution in [3.05, 3.63) is 29.8 Å². The molecule has 312 valence electrons. The summed E-state index contributed by atoms with van der Waals surface area (Å²) in [6.07, 6.45) is 40.7. The van der Waals surface area contributed by atoms with Gasteiger partial charge in [-0.1, -0.05) is 186 Å². The summed E-state index contributed by atoms with van der Waals surface area (Å²) in [6, 6.07) is 5.78. The fourth-order valence-electron chi connectivity index (χ4n) is 6.27. The zero-order chi connectivity index (χ0) is 38.7. The van der Waals surface area contributed by atoms with E-state index in [-0.39, 0.29) is 17.3 Å². The van der Waals surface area contributed by atoms with Crippen molar-refractivity contribution in [3.8, 4) is 0 Å². The molecule has 52 heavy (non-hydrogen) atoms. The first-order valence-corrected chi connectivity index (χ1v) is 23.2. The molecule has 0 aliphatic heterocycles. The molecule has 0 N–H and O–H groups in total. The Kier molecular flexibility index (Phi) is 39.9. The molecule has 0 radical (unpaired) electrons. The summed E-state index contributed by atoms with van der Waals surface area (Å²) < 4.78 is 33.4. The highest BCUT2D eigenvalue weighted by molar-refractivity contribution is 7.85. The molecule has 0 amide bonds. The summed E-state index contributed by atoms with van der Waals surface area (Å²) in [4.78, 5) is -0.178. The van der Waals surface area contributed by atoms with Crippen molar-refractivity contribution in [2.75, 3.05) is 55.4 Å². The lowest BCUT2D eigenvalue weighted by Gasteiger charge is -2.23. The first kappa shape index (κ1) is 55.7. The number of hydrogen-bond acceptors (Lipinski definition) is 3. The molecule has 0 fully saturated rings. The van der Waals surface area contributed by atoms with E-state index < -0.39 is 10.1 Å². The lowest BCUT2D eigenvalue weighted by atomic mass is 10.0. The molecule has 0 spiro atoms. The van der Waals surface area contributed by atoms with Crippen LogP contribution in [0.15, 0.2) is 29.2 Å². The molecule has 0 saturated carbocycles. The van der Waals surface area contributed by atoms with E-state index in [1.165, 1.54) is 205 Å². The molecule has 1 rings (SSSR count). The first-order valence-electron chi connectivity index (χ1n) is 21.8. The summed E-state index contributed by atoms with van der Waals surface area (Å²) >= 11 is 0. The Morgan fingerprint density at radius 2 is 0.635 bits per heavy atom. The van der Waals surface area contributed by atoms with E-state index in [4.69, 9.17) is 0 Å². The maximum atomic E-state index is 10.4. The third-order valence-electron chi connectivity index (χ3n) is 9.67. The van der Waals surface area contributed by atoms with Gasteiger partial charge in [0.05, 0.1) is 60.3 Å². The Hall–Kier alpha value is -0.660. The predicted molar refractivity (Wildman–Crippen MR) is 226 cm³/mol. The normalized spacial score (nSPS) is 11.7. The summed E-state index contributed by atoms with van der Waals surface area (Å²) in [7, 11) is 9.49. The Bertz CT molecular complexity index is 914. The van der Waals surface area contributed by atoms with Gasteiger partial charge in [0, 0.05) is 0 Å². The lowest BCUT2D eigenvalue weighted by molar-refractivity contribution is -0.870. The van der Waals surface area contributed by atoms with Gasteiger partial charge in [-0.05, 0) is 44.7 Å². The second-order valence-corrected chi connectivity index (χ2v) is 18.9. The van der Waals surface area contributed by atoms with Crippen LogP contribution in [0.4, 0.5) is 0 Å². The standard InChI is InChI=1S/2C19H42N.C7H8O3S.ClH/c2*1-5-6-7-8-9-10-11-12-13-14-15-16-17-18-19-20(2,3)4;1-6-2-4-7(5-3-6)11(8,9)10;/h2*5-19H2,1-4H3;2-5H,1H3,(H,8,9,10);1H/q2*+1;;/p-2. The van der Waals surface area contributed by atoms with Crippen LogP contribution in [0, 0.1) is 6.92 Å². The third kappa shape index (κ3) is 47.4. The van der Waals surface area contributed by atoms with E-state index in [0.717, 1.165) is 14.5 Å². The monoisotopic (exact) mass is 775 g/mol. The van der Waals surface area contributed by atoms with Crippen LogP contribution in [0.25, 0.3) is 0 Å². The smallest absolute Gasteiger partial charge is 0.124 e. The van der Waals surface area contributed by atoms with Crippen LogP contribution in [0.3, 0.4) is 0 Å². The molecule has 0 heterocycles. The van der Waals surface area contributed by atoms with Crippen molar-refractivity contribution in [2.24, 2.45) is 0 Å². The molecule has 1 aromatic rings. The third-order valence-corrected chi connectivity index (χ3v) is 10.5. The maximum Gasteiger partial charge on any atom is 0.124 e. The van der Waals surface area contributed by atoms with Crippen LogP contribution >= 0.6 is 0 Å². The van der Waals surface area contributed by atoms with E-state index in [2.05, 4.69) is 56.1 Å². The van der Waals surface area contributed by atoms with Crippen LogP contribution in [-0.4, -0.2) is 77.3 Å². The van der Waals surface area contributed by atoms with Crippen LogP contribution < -0.4 is 12.4 Å². The molecular formula is C45H91ClN2O3S. The maximum absolute atomic E-state index is 10.4. The number of nitrogens with zero attached hydrogens (tertiary/aromatic N) is 2. The fraction of sp³-hybridized carbons (Fsp3) is 0.867. The van der Waals surface area contributed by atoms with Gasteiger partial charge < -0.3 is 25.9 Å². The number of quaternary nitrogens is 2. The molecule has 0 saturated heterocycles. The number of hydrogen-bond donors (Lipinski definition) is 0. The number of aryl methyl sites for hydroxylation is 1. The predicted octanol–water partition coefficient (Wildman–Crippen LogP) is 10.3. The van der Waals surface area contributed by atoms with Crippen LogP contribution in [0.2, 0.25) is 0 Å². The second-order valence-electron chi connectivity index (χ2n) is 17.5. The van der Waals surface area contributed by atoms with Gasteiger partial charge in [0.15, 0.2) is 0 Å². The largest absolute Gasteiger partial charge is 1.00 e. The Balaban J connectivity index is -0.000000713. The Labute approximate surface area is 333 Å². The van der Waals surface area contributed by atoms with Gasteiger partial charge in [-0.25, -0.2) is 8.42 Å². The van der Waals surface area contributed by atoms with E-state index in [1.807, 2.05) is 6.92 Å². The molecule has 5 nitrogen and oxygen atoms in total. The molecule has 0 aliphatic carbocycles. The Morgan fingerprint density at radius 1 is 0.423 bits per heavy atom. The molecule has 7 heteroatoms. The summed E-state index contributed by atoms with van der Waals surface area (Å²) in [5, 5.41) is 0. The first-order chi connectivity index (χ1) is 24.1. The van der Waals surface area contributed by atoms with Gasteiger partial charge in [-0.15, -0.1) is 0 Å². The average molecular weight is 776 g/mol.